The van der Waals surface area contributed by atoms with Crippen LogP contribution in [0.2, 0.25) is 0 Å². The average molecular weight is 276 g/mol. The van der Waals surface area contributed by atoms with Crippen molar-refractivity contribution in [2.75, 3.05) is 11.9 Å². The van der Waals surface area contributed by atoms with Crippen LogP contribution in [-0.4, -0.2) is 28.9 Å². The van der Waals surface area contributed by atoms with E-state index in [2.05, 4.69) is 41.6 Å². The number of likely N-dealkylation sites (tertiary alicyclic amines) is 1. The minimum atomic E-state index is 0.810. The lowest BCUT2D eigenvalue weighted by atomic mass is 9.96. The normalized spacial score (nSPS) is 30.4. The molecule has 0 aromatic carbocycles. The van der Waals surface area contributed by atoms with Gasteiger partial charge >= 0.3 is 0 Å². The van der Waals surface area contributed by atoms with Crippen molar-refractivity contribution in [1.29, 1.82) is 0 Å². The van der Waals surface area contributed by atoms with Gasteiger partial charge in [0.05, 0.1) is 0 Å². The van der Waals surface area contributed by atoms with Gasteiger partial charge in [0.15, 0.2) is 0 Å². The van der Waals surface area contributed by atoms with Crippen molar-refractivity contribution in [3.63, 3.8) is 0 Å². The molecule has 1 nitrogen and oxygen atoms in total. The van der Waals surface area contributed by atoms with Crippen molar-refractivity contribution in [1.82, 2.24) is 4.90 Å². The van der Waals surface area contributed by atoms with Gasteiger partial charge in [-0.15, -0.1) is 0 Å². The van der Waals surface area contributed by atoms with Gasteiger partial charge in [-0.3, -0.25) is 4.90 Å². The maximum atomic E-state index is 3.53. The van der Waals surface area contributed by atoms with Crippen LogP contribution in [0.15, 0.2) is 0 Å². The van der Waals surface area contributed by atoms with Crippen molar-refractivity contribution < 1.29 is 0 Å². The van der Waals surface area contributed by atoms with Gasteiger partial charge in [-0.25, -0.2) is 0 Å². The van der Waals surface area contributed by atoms with Gasteiger partial charge in [0.2, 0.25) is 0 Å². The highest BCUT2D eigenvalue weighted by Gasteiger charge is 2.24. The quantitative estimate of drug-likeness (QED) is 0.684. The molecule has 0 radical (unpaired) electrons. The highest BCUT2D eigenvalue weighted by atomic mass is 79.9. The molecule has 2 heteroatoms. The lowest BCUT2D eigenvalue weighted by Gasteiger charge is -2.39. The first kappa shape index (κ1) is 13.5. The molecular weight excluding hydrogens is 250 g/mol. The van der Waals surface area contributed by atoms with Crippen LogP contribution in [0, 0.1) is 5.92 Å². The van der Waals surface area contributed by atoms with Gasteiger partial charge in [-0.1, -0.05) is 29.3 Å². The topological polar surface area (TPSA) is 3.24 Å². The fourth-order valence-electron chi connectivity index (χ4n) is 2.62. The number of hydrogen-bond donors (Lipinski definition) is 0. The summed E-state index contributed by atoms with van der Waals surface area (Å²) in [5.74, 6) is 0.866. The zero-order valence-electron chi connectivity index (χ0n) is 10.5. The van der Waals surface area contributed by atoms with Crippen LogP contribution in [0.3, 0.4) is 0 Å². The molecule has 1 heterocycles. The SMILES string of the molecule is CC(CCBr)CCN1[C@H](C)CCC[C@@H]1C. The molecule has 90 valence electrons. The first-order chi connectivity index (χ1) is 7.15. The van der Waals surface area contributed by atoms with E-state index in [9.17, 15) is 0 Å². The Bertz CT molecular complexity index is 162. The van der Waals surface area contributed by atoms with Gasteiger partial charge in [0.1, 0.15) is 0 Å². The van der Waals surface area contributed by atoms with Crippen molar-refractivity contribution in [2.24, 2.45) is 5.92 Å². The molecule has 1 saturated heterocycles. The van der Waals surface area contributed by atoms with E-state index in [0.717, 1.165) is 23.3 Å². The molecule has 0 aromatic heterocycles. The Morgan fingerprint density at radius 3 is 2.33 bits per heavy atom. The van der Waals surface area contributed by atoms with Crippen molar-refractivity contribution >= 4 is 15.9 Å². The van der Waals surface area contributed by atoms with Gasteiger partial charge < -0.3 is 0 Å². The summed E-state index contributed by atoms with van der Waals surface area (Å²) >= 11 is 3.53. The third-order valence-electron chi connectivity index (χ3n) is 3.86. The number of nitrogens with zero attached hydrogens (tertiary/aromatic N) is 1. The minimum Gasteiger partial charge on any atom is -0.298 e. The Balaban J connectivity index is 2.28. The summed E-state index contributed by atoms with van der Waals surface area (Å²) in [7, 11) is 0. The third-order valence-corrected chi connectivity index (χ3v) is 4.32. The minimum absolute atomic E-state index is 0.810. The standard InChI is InChI=1S/C13H26BrN/c1-11(7-9-14)8-10-15-12(2)5-4-6-13(15)3/h11-13H,4-10H2,1-3H3/t11?,12-,13+. The first-order valence-electron chi connectivity index (χ1n) is 6.46. The highest BCUT2D eigenvalue weighted by Crippen LogP contribution is 2.23. The first-order valence-corrected chi connectivity index (χ1v) is 7.59. The van der Waals surface area contributed by atoms with Crippen LogP contribution in [-0.2, 0) is 0 Å². The molecule has 0 aromatic rings. The number of rotatable bonds is 5. The molecule has 1 aliphatic heterocycles. The Hall–Kier alpha value is 0.440. The van der Waals surface area contributed by atoms with E-state index < -0.39 is 0 Å². The molecule has 1 rings (SSSR count). The number of piperidine rings is 1. The van der Waals surface area contributed by atoms with Gasteiger partial charge in [0.25, 0.3) is 0 Å². The van der Waals surface area contributed by atoms with E-state index in [0.29, 0.717) is 0 Å². The second kappa shape index (κ2) is 6.90. The molecule has 0 spiro atoms. The zero-order valence-corrected chi connectivity index (χ0v) is 12.1. The molecule has 0 saturated carbocycles. The van der Waals surface area contributed by atoms with Crippen molar-refractivity contribution in [2.45, 2.75) is 65.0 Å². The monoisotopic (exact) mass is 275 g/mol. The fourth-order valence-corrected chi connectivity index (χ4v) is 3.40. The second-order valence-electron chi connectivity index (χ2n) is 5.24. The predicted molar refractivity (Wildman–Crippen MR) is 71.7 cm³/mol. The van der Waals surface area contributed by atoms with Crippen LogP contribution in [0.25, 0.3) is 0 Å². The van der Waals surface area contributed by atoms with E-state index >= 15 is 0 Å². The maximum absolute atomic E-state index is 3.53. The molecule has 1 fully saturated rings. The van der Waals surface area contributed by atoms with E-state index in [1.165, 1.54) is 38.6 Å². The summed E-state index contributed by atoms with van der Waals surface area (Å²) in [6.07, 6.45) is 6.90. The smallest absolute Gasteiger partial charge is 0.00697 e. The summed E-state index contributed by atoms with van der Waals surface area (Å²) < 4.78 is 0. The lowest BCUT2D eigenvalue weighted by molar-refractivity contribution is 0.0967. The van der Waals surface area contributed by atoms with Crippen LogP contribution in [0.4, 0.5) is 0 Å². The summed E-state index contributed by atoms with van der Waals surface area (Å²) in [6, 6.07) is 1.62. The predicted octanol–water partition coefficient (Wildman–Crippen LogP) is 4.06. The lowest BCUT2D eigenvalue weighted by Crippen LogP contribution is -2.44. The fraction of sp³-hybridized carbons (Fsp3) is 1.00. The van der Waals surface area contributed by atoms with Crippen molar-refractivity contribution in [3.8, 4) is 0 Å². The van der Waals surface area contributed by atoms with E-state index in [4.69, 9.17) is 0 Å². The molecule has 1 unspecified atom stereocenters. The molecule has 3 atom stereocenters. The largest absolute Gasteiger partial charge is 0.298 e. The highest BCUT2D eigenvalue weighted by molar-refractivity contribution is 9.09. The molecular formula is C13H26BrN. The number of alkyl halides is 1. The van der Waals surface area contributed by atoms with E-state index in [1.54, 1.807) is 0 Å². The van der Waals surface area contributed by atoms with Crippen LogP contribution < -0.4 is 0 Å². The molecule has 0 amide bonds. The van der Waals surface area contributed by atoms with Gasteiger partial charge in [-0.2, -0.15) is 0 Å². The molecule has 0 bridgehead atoms. The summed E-state index contributed by atoms with van der Waals surface area (Å²) in [6.45, 7) is 8.46. The zero-order chi connectivity index (χ0) is 11.3. The van der Waals surface area contributed by atoms with Gasteiger partial charge in [0, 0.05) is 17.4 Å². The summed E-state index contributed by atoms with van der Waals surface area (Å²) in [5.41, 5.74) is 0. The summed E-state index contributed by atoms with van der Waals surface area (Å²) in [5, 5.41) is 1.15. The van der Waals surface area contributed by atoms with Crippen molar-refractivity contribution in [3.05, 3.63) is 0 Å². The Morgan fingerprint density at radius 1 is 1.20 bits per heavy atom. The summed E-state index contributed by atoms with van der Waals surface area (Å²) in [4.78, 5) is 2.72. The number of halogens is 1. The molecule has 1 aliphatic rings. The number of hydrogen-bond acceptors (Lipinski definition) is 1. The molecule has 15 heavy (non-hydrogen) atoms. The Kier molecular flexibility index (Phi) is 6.21. The molecule has 0 N–H and O–H groups in total. The average Bonchev–Trinajstić information content (AvgIpc) is 2.17. The Labute approximate surface area is 104 Å². The second-order valence-corrected chi connectivity index (χ2v) is 6.03. The van der Waals surface area contributed by atoms with Crippen LogP contribution in [0.5, 0.6) is 0 Å². The van der Waals surface area contributed by atoms with E-state index in [1.807, 2.05) is 0 Å². The maximum Gasteiger partial charge on any atom is 0.00697 e. The third kappa shape index (κ3) is 4.44. The van der Waals surface area contributed by atoms with E-state index in [-0.39, 0.29) is 0 Å². The van der Waals surface area contributed by atoms with Gasteiger partial charge in [-0.05, 0) is 52.0 Å². The molecule has 0 aliphatic carbocycles. The Morgan fingerprint density at radius 2 is 1.80 bits per heavy atom. The van der Waals surface area contributed by atoms with Crippen LogP contribution in [0.1, 0.15) is 52.9 Å². The van der Waals surface area contributed by atoms with Crippen LogP contribution >= 0.6 is 15.9 Å².